The molecule has 1 aliphatic carbocycles. The molecule has 0 radical (unpaired) electrons. The fourth-order valence-electron chi connectivity index (χ4n) is 5.20. The second-order valence-corrected chi connectivity index (χ2v) is 8.64. The summed E-state index contributed by atoms with van der Waals surface area (Å²) >= 11 is 0. The molecule has 1 N–H and O–H groups in total. The lowest BCUT2D eigenvalue weighted by Crippen LogP contribution is -2.30. The number of allylic oxidation sites excluding steroid dienone is 2. The van der Waals surface area contributed by atoms with Gasteiger partial charge >= 0.3 is 0 Å². The van der Waals surface area contributed by atoms with Gasteiger partial charge in [-0.15, -0.1) is 0 Å². The third-order valence-corrected chi connectivity index (χ3v) is 6.80. The highest BCUT2D eigenvalue weighted by Gasteiger charge is 2.40. The molecule has 0 spiro atoms. The Morgan fingerprint density at radius 2 is 1.79 bits per heavy atom. The van der Waals surface area contributed by atoms with Gasteiger partial charge in [0.05, 0.1) is 25.8 Å². The highest BCUT2D eigenvalue weighted by Crippen LogP contribution is 2.51. The second-order valence-electron chi connectivity index (χ2n) is 8.64. The van der Waals surface area contributed by atoms with E-state index in [1.54, 1.807) is 20.4 Å². The summed E-state index contributed by atoms with van der Waals surface area (Å²) in [5.41, 5.74) is 5.48. The number of ether oxygens (including phenoxy) is 4. The topological polar surface area (TPSA) is 78.9 Å². The largest absolute Gasteiger partial charge is 0.493 e. The van der Waals surface area contributed by atoms with Crippen molar-refractivity contribution in [1.29, 1.82) is 0 Å². The molecule has 3 heterocycles. The maximum Gasteiger partial charge on any atom is 0.231 e. The van der Waals surface area contributed by atoms with E-state index in [0.717, 1.165) is 33.8 Å². The summed E-state index contributed by atoms with van der Waals surface area (Å²) in [6.45, 7) is 0.194. The summed E-state index contributed by atoms with van der Waals surface area (Å²) in [6.07, 6.45) is 2.89. The number of nitrogens with zero attached hydrogens (tertiary/aromatic N) is 1. The Kier molecular flexibility index (Phi) is 4.90. The van der Waals surface area contributed by atoms with Crippen LogP contribution in [0.2, 0.25) is 0 Å². The van der Waals surface area contributed by atoms with Crippen LogP contribution in [0.15, 0.2) is 66.0 Å². The predicted octanol–water partition coefficient (Wildman–Crippen LogP) is 4.79. The van der Waals surface area contributed by atoms with Crippen molar-refractivity contribution in [3.63, 3.8) is 0 Å². The standard InChI is InChI=1S/C27H24N2O5/c1-31-22-7-6-15(11-23(22)32-2)16-9-20-27(21(30)10-16)26(18-5-3-4-8-28-18)17-12-24-25(34-14-33-24)13-19(17)29-20/h3-8,11-13,16,26,29H,9-10,14H2,1-2H3/t16-,26-/m0/s1. The predicted molar refractivity (Wildman–Crippen MR) is 126 cm³/mol. The minimum Gasteiger partial charge on any atom is -0.493 e. The lowest BCUT2D eigenvalue weighted by Gasteiger charge is -2.36. The van der Waals surface area contributed by atoms with Gasteiger partial charge in [-0.25, -0.2) is 0 Å². The molecule has 7 nitrogen and oxygen atoms in total. The number of anilines is 1. The van der Waals surface area contributed by atoms with Gasteiger partial charge in [0.25, 0.3) is 0 Å². The van der Waals surface area contributed by atoms with E-state index in [-0.39, 0.29) is 24.4 Å². The summed E-state index contributed by atoms with van der Waals surface area (Å²) in [4.78, 5) is 18.3. The molecule has 7 heteroatoms. The number of carbonyl (C=O) groups excluding carboxylic acids is 1. The first kappa shape index (κ1) is 20.6. The Hall–Kier alpha value is -4.00. The molecule has 0 bridgehead atoms. The van der Waals surface area contributed by atoms with Gasteiger partial charge in [-0.2, -0.15) is 0 Å². The first-order valence-corrected chi connectivity index (χ1v) is 11.3. The molecule has 0 saturated heterocycles. The van der Waals surface area contributed by atoms with Crippen molar-refractivity contribution in [3.8, 4) is 23.0 Å². The van der Waals surface area contributed by atoms with Gasteiger partial charge in [0.2, 0.25) is 6.79 Å². The van der Waals surface area contributed by atoms with Crippen LogP contribution in [-0.4, -0.2) is 31.8 Å². The molecule has 1 aromatic heterocycles. The highest BCUT2D eigenvalue weighted by molar-refractivity contribution is 6.01. The van der Waals surface area contributed by atoms with E-state index in [9.17, 15) is 4.79 Å². The number of carbonyl (C=O) groups is 1. The Bertz CT molecular complexity index is 1320. The van der Waals surface area contributed by atoms with Crippen LogP contribution in [0, 0.1) is 0 Å². The van der Waals surface area contributed by atoms with Crippen LogP contribution in [0.4, 0.5) is 5.69 Å². The molecule has 34 heavy (non-hydrogen) atoms. The summed E-state index contributed by atoms with van der Waals surface area (Å²) in [5, 5.41) is 3.55. The van der Waals surface area contributed by atoms with Crippen molar-refractivity contribution in [1.82, 2.24) is 4.98 Å². The van der Waals surface area contributed by atoms with Gasteiger partial charge in [0.1, 0.15) is 0 Å². The quantitative estimate of drug-likeness (QED) is 0.605. The van der Waals surface area contributed by atoms with Crippen molar-refractivity contribution in [2.45, 2.75) is 24.7 Å². The van der Waals surface area contributed by atoms with Crippen molar-refractivity contribution in [2.24, 2.45) is 0 Å². The lowest BCUT2D eigenvalue weighted by molar-refractivity contribution is -0.116. The number of fused-ring (bicyclic) bond motifs is 2. The van der Waals surface area contributed by atoms with Crippen LogP contribution in [0.25, 0.3) is 0 Å². The van der Waals surface area contributed by atoms with Crippen molar-refractivity contribution < 1.29 is 23.7 Å². The van der Waals surface area contributed by atoms with Crippen molar-refractivity contribution in [2.75, 3.05) is 26.3 Å². The second kappa shape index (κ2) is 8.09. The number of hydrogen-bond acceptors (Lipinski definition) is 7. The minimum atomic E-state index is -0.263. The number of ketones is 1. The number of aromatic nitrogens is 1. The Morgan fingerprint density at radius 3 is 2.56 bits per heavy atom. The van der Waals surface area contributed by atoms with Crippen LogP contribution in [0.1, 0.15) is 41.5 Å². The van der Waals surface area contributed by atoms with Crippen LogP contribution in [0.3, 0.4) is 0 Å². The van der Waals surface area contributed by atoms with E-state index in [1.807, 2.05) is 48.5 Å². The minimum absolute atomic E-state index is 0.0264. The molecule has 2 aliphatic heterocycles. The van der Waals surface area contributed by atoms with E-state index >= 15 is 0 Å². The van der Waals surface area contributed by atoms with E-state index in [4.69, 9.17) is 18.9 Å². The van der Waals surface area contributed by atoms with E-state index in [2.05, 4.69) is 10.3 Å². The summed E-state index contributed by atoms with van der Waals surface area (Å²) in [7, 11) is 3.24. The highest BCUT2D eigenvalue weighted by atomic mass is 16.7. The molecule has 0 unspecified atom stereocenters. The van der Waals surface area contributed by atoms with Crippen molar-refractivity contribution in [3.05, 3.63) is 82.8 Å². The molecular weight excluding hydrogens is 432 g/mol. The number of nitrogens with one attached hydrogen (secondary N) is 1. The van der Waals surface area contributed by atoms with Crippen LogP contribution in [0.5, 0.6) is 23.0 Å². The van der Waals surface area contributed by atoms with E-state index in [1.165, 1.54) is 0 Å². The monoisotopic (exact) mass is 456 g/mol. The summed E-state index contributed by atoms with van der Waals surface area (Å²) < 4.78 is 22.1. The molecule has 6 rings (SSSR count). The molecule has 172 valence electrons. The average molecular weight is 456 g/mol. The Morgan fingerprint density at radius 1 is 0.971 bits per heavy atom. The molecule has 2 aromatic carbocycles. The fourth-order valence-corrected chi connectivity index (χ4v) is 5.20. The van der Waals surface area contributed by atoms with E-state index < -0.39 is 0 Å². The molecule has 0 fully saturated rings. The zero-order valence-corrected chi connectivity index (χ0v) is 19.0. The van der Waals surface area contributed by atoms with Crippen LogP contribution in [-0.2, 0) is 4.79 Å². The van der Waals surface area contributed by atoms with Gasteiger partial charge < -0.3 is 24.3 Å². The third kappa shape index (κ3) is 3.27. The zero-order valence-electron chi connectivity index (χ0n) is 19.0. The van der Waals surface area contributed by atoms with Crippen LogP contribution < -0.4 is 24.3 Å². The Labute approximate surface area is 197 Å². The number of methoxy groups -OCH3 is 2. The average Bonchev–Trinajstić information content (AvgIpc) is 3.33. The summed E-state index contributed by atoms with van der Waals surface area (Å²) in [6, 6.07) is 15.6. The molecule has 3 aromatic rings. The maximum absolute atomic E-state index is 13.7. The SMILES string of the molecule is COc1ccc([C@@H]2CC(=O)C3=C(C2)Nc2cc4c(cc2[C@H]3c2ccccn2)OCO4)cc1OC. The molecule has 3 aliphatic rings. The summed E-state index contributed by atoms with van der Waals surface area (Å²) in [5.74, 6) is 2.61. The van der Waals surface area contributed by atoms with E-state index in [0.29, 0.717) is 35.8 Å². The number of rotatable bonds is 4. The van der Waals surface area contributed by atoms with Gasteiger partial charge in [-0.05, 0) is 53.8 Å². The fraction of sp³-hybridized carbons (Fsp3) is 0.259. The number of benzene rings is 2. The number of Topliss-reactive ketones (excluding diaryl/α,β-unsaturated/α-hetero) is 1. The number of pyridine rings is 1. The molecular formula is C27H24N2O5. The Balaban J connectivity index is 1.44. The smallest absolute Gasteiger partial charge is 0.231 e. The van der Waals surface area contributed by atoms with Crippen LogP contribution >= 0.6 is 0 Å². The van der Waals surface area contributed by atoms with Crippen molar-refractivity contribution >= 4 is 11.5 Å². The zero-order chi connectivity index (χ0) is 23.2. The maximum atomic E-state index is 13.7. The van der Waals surface area contributed by atoms with Gasteiger partial charge in [-0.3, -0.25) is 9.78 Å². The third-order valence-electron chi connectivity index (χ3n) is 6.80. The normalized spacial score (nSPS) is 20.4. The molecule has 0 amide bonds. The van der Waals surface area contributed by atoms with Gasteiger partial charge in [0.15, 0.2) is 28.8 Å². The first-order chi connectivity index (χ1) is 16.7. The lowest BCUT2D eigenvalue weighted by atomic mass is 9.73. The molecule has 2 atom stereocenters. The molecule has 0 saturated carbocycles. The van der Waals surface area contributed by atoms with Gasteiger partial charge in [0, 0.05) is 35.6 Å². The van der Waals surface area contributed by atoms with Gasteiger partial charge in [-0.1, -0.05) is 12.1 Å². The first-order valence-electron chi connectivity index (χ1n) is 11.3. The number of hydrogen-bond donors (Lipinski definition) is 1.